The first-order valence-electron chi connectivity index (χ1n) is 9.47. The van der Waals surface area contributed by atoms with Crippen molar-refractivity contribution < 1.29 is 8.98 Å². The largest absolute Gasteiger partial charge is 0.437 e. The molecule has 3 nitrogen and oxygen atoms in total. The summed E-state index contributed by atoms with van der Waals surface area (Å²) >= 11 is 0. The van der Waals surface area contributed by atoms with Crippen molar-refractivity contribution in [2.75, 3.05) is 0 Å². The molecule has 5 aromatic rings. The topological polar surface area (TPSA) is 29.9 Å². The molecule has 0 saturated heterocycles. The van der Waals surface area contributed by atoms with E-state index in [4.69, 9.17) is 9.40 Å². The highest BCUT2D eigenvalue weighted by atomic mass is 16.3. The van der Waals surface area contributed by atoms with Gasteiger partial charge in [0.25, 0.3) is 0 Å². The second-order valence-electron chi connectivity index (χ2n) is 7.35. The molecule has 0 unspecified atom stereocenters. The second-order valence-corrected chi connectivity index (χ2v) is 7.35. The SMILES string of the molecule is Cc1ccc(-c2ccc3c(n2)oc2c(-c4cccc[n+]4C)c(C)ccc23)cc1. The number of benzene rings is 2. The summed E-state index contributed by atoms with van der Waals surface area (Å²) < 4.78 is 8.46. The number of fused-ring (bicyclic) bond motifs is 3. The Kier molecular flexibility index (Phi) is 3.76. The first-order valence-corrected chi connectivity index (χ1v) is 9.47. The quantitative estimate of drug-likeness (QED) is 0.373. The van der Waals surface area contributed by atoms with E-state index in [1.165, 1.54) is 11.1 Å². The van der Waals surface area contributed by atoms with Crippen molar-refractivity contribution in [1.29, 1.82) is 0 Å². The fourth-order valence-corrected chi connectivity index (χ4v) is 3.81. The molecule has 0 bridgehead atoms. The van der Waals surface area contributed by atoms with Crippen LogP contribution in [-0.4, -0.2) is 4.98 Å². The third-order valence-electron chi connectivity index (χ3n) is 5.37. The van der Waals surface area contributed by atoms with E-state index in [1.807, 2.05) is 6.07 Å². The van der Waals surface area contributed by atoms with Crippen molar-refractivity contribution in [3.8, 4) is 22.5 Å². The van der Waals surface area contributed by atoms with Crippen molar-refractivity contribution in [3.05, 3.63) is 84.1 Å². The van der Waals surface area contributed by atoms with Crippen LogP contribution in [-0.2, 0) is 7.05 Å². The van der Waals surface area contributed by atoms with Crippen LogP contribution in [0.4, 0.5) is 0 Å². The van der Waals surface area contributed by atoms with Crippen LogP contribution in [0.1, 0.15) is 11.1 Å². The van der Waals surface area contributed by atoms with Gasteiger partial charge in [0.2, 0.25) is 11.4 Å². The Morgan fingerprint density at radius 2 is 1.61 bits per heavy atom. The molecule has 0 aliphatic carbocycles. The molecule has 0 aliphatic rings. The normalized spacial score (nSPS) is 11.4. The second kappa shape index (κ2) is 6.31. The van der Waals surface area contributed by atoms with Crippen LogP contribution in [0, 0.1) is 13.8 Å². The summed E-state index contributed by atoms with van der Waals surface area (Å²) in [5.74, 6) is 0. The van der Waals surface area contributed by atoms with Crippen LogP contribution in [0.5, 0.6) is 0 Å². The number of rotatable bonds is 2. The van der Waals surface area contributed by atoms with Crippen LogP contribution in [0.25, 0.3) is 44.6 Å². The molecule has 0 atom stereocenters. The maximum atomic E-state index is 6.34. The minimum absolute atomic E-state index is 0.679. The fraction of sp³-hybridized carbons (Fsp3) is 0.120. The monoisotopic (exact) mass is 365 g/mol. The van der Waals surface area contributed by atoms with Gasteiger partial charge in [-0.2, -0.15) is 0 Å². The van der Waals surface area contributed by atoms with E-state index in [-0.39, 0.29) is 0 Å². The zero-order valence-electron chi connectivity index (χ0n) is 16.2. The van der Waals surface area contributed by atoms with E-state index >= 15 is 0 Å². The van der Waals surface area contributed by atoms with Gasteiger partial charge in [-0.3, -0.25) is 0 Å². The first-order chi connectivity index (χ1) is 13.6. The van der Waals surface area contributed by atoms with Gasteiger partial charge in [-0.05, 0) is 37.6 Å². The predicted molar refractivity (Wildman–Crippen MR) is 113 cm³/mol. The molecule has 0 aliphatic heterocycles. The number of nitrogens with zero attached hydrogens (tertiary/aromatic N) is 2. The molecule has 28 heavy (non-hydrogen) atoms. The van der Waals surface area contributed by atoms with Crippen LogP contribution >= 0.6 is 0 Å². The zero-order valence-corrected chi connectivity index (χ0v) is 16.2. The lowest BCUT2D eigenvalue weighted by molar-refractivity contribution is -0.660. The lowest BCUT2D eigenvalue weighted by Crippen LogP contribution is -2.30. The Balaban J connectivity index is 1.77. The summed E-state index contributed by atoms with van der Waals surface area (Å²) in [7, 11) is 2.06. The summed E-state index contributed by atoms with van der Waals surface area (Å²) in [4.78, 5) is 4.83. The highest BCUT2D eigenvalue weighted by Crippen LogP contribution is 2.37. The van der Waals surface area contributed by atoms with E-state index in [9.17, 15) is 0 Å². The summed E-state index contributed by atoms with van der Waals surface area (Å²) in [6, 6.07) is 23.1. The lowest BCUT2D eigenvalue weighted by Gasteiger charge is -2.04. The number of hydrogen-bond acceptors (Lipinski definition) is 2. The Morgan fingerprint density at radius 1 is 0.821 bits per heavy atom. The molecule has 0 spiro atoms. The number of aromatic nitrogens is 2. The van der Waals surface area contributed by atoms with E-state index < -0.39 is 0 Å². The van der Waals surface area contributed by atoms with Crippen molar-refractivity contribution >= 4 is 22.1 Å². The number of hydrogen-bond donors (Lipinski definition) is 0. The van der Waals surface area contributed by atoms with Crippen LogP contribution in [0.15, 0.2) is 77.3 Å². The van der Waals surface area contributed by atoms with Crippen molar-refractivity contribution in [3.63, 3.8) is 0 Å². The van der Waals surface area contributed by atoms with Crippen molar-refractivity contribution in [1.82, 2.24) is 4.98 Å². The predicted octanol–water partition coefficient (Wildman–Crippen LogP) is 5.76. The maximum Gasteiger partial charge on any atom is 0.227 e. The average molecular weight is 365 g/mol. The van der Waals surface area contributed by atoms with Gasteiger partial charge in [-0.15, -0.1) is 0 Å². The Morgan fingerprint density at radius 3 is 2.39 bits per heavy atom. The van der Waals surface area contributed by atoms with Gasteiger partial charge in [0.05, 0.1) is 11.3 Å². The molecule has 0 amide bonds. The van der Waals surface area contributed by atoms with Crippen LogP contribution in [0.3, 0.4) is 0 Å². The minimum atomic E-state index is 0.679. The Bertz CT molecular complexity index is 1330. The molecule has 0 radical (unpaired) electrons. The standard InChI is InChI=1S/C25H21N2O/c1-16-7-10-18(11-8-16)21-14-13-20-19-12-9-17(2)23(24(19)28-25(20)26-21)22-6-4-5-15-27(22)3/h4-15H,1-3H3/q+1. The van der Waals surface area contributed by atoms with E-state index in [2.05, 4.69) is 92.3 Å². The lowest BCUT2D eigenvalue weighted by atomic mass is 10.0. The maximum absolute atomic E-state index is 6.34. The van der Waals surface area contributed by atoms with E-state index in [0.29, 0.717) is 5.71 Å². The molecule has 0 saturated carbocycles. The van der Waals surface area contributed by atoms with Gasteiger partial charge >= 0.3 is 0 Å². The molecule has 3 heteroatoms. The third-order valence-corrected chi connectivity index (χ3v) is 5.37. The number of furan rings is 1. The molecular weight excluding hydrogens is 344 g/mol. The highest BCUT2D eigenvalue weighted by Gasteiger charge is 2.20. The zero-order chi connectivity index (χ0) is 19.3. The van der Waals surface area contributed by atoms with Gasteiger partial charge < -0.3 is 4.42 Å². The molecule has 0 N–H and O–H groups in total. The third kappa shape index (κ3) is 2.59. The molecule has 3 heterocycles. The van der Waals surface area contributed by atoms with Crippen LogP contribution < -0.4 is 4.57 Å². The summed E-state index contributed by atoms with van der Waals surface area (Å²) in [5.41, 5.74) is 8.27. The van der Waals surface area contributed by atoms with Crippen molar-refractivity contribution in [2.24, 2.45) is 7.05 Å². The Hall–Kier alpha value is -3.46. The smallest absolute Gasteiger partial charge is 0.227 e. The van der Waals surface area contributed by atoms with Gasteiger partial charge in [-0.1, -0.05) is 42.0 Å². The number of aryl methyl sites for hydroxylation is 3. The average Bonchev–Trinajstić information content (AvgIpc) is 3.07. The molecule has 136 valence electrons. The minimum Gasteiger partial charge on any atom is -0.437 e. The van der Waals surface area contributed by atoms with Gasteiger partial charge in [-0.25, -0.2) is 9.55 Å². The molecular formula is C25H21N2O+. The van der Waals surface area contributed by atoms with Gasteiger partial charge in [0.15, 0.2) is 11.8 Å². The number of pyridine rings is 2. The molecule has 5 rings (SSSR count). The van der Waals surface area contributed by atoms with E-state index in [0.717, 1.165) is 38.9 Å². The van der Waals surface area contributed by atoms with E-state index in [1.54, 1.807) is 0 Å². The molecule has 2 aromatic carbocycles. The fourth-order valence-electron chi connectivity index (χ4n) is 3.81. The van der Waals surface area contributed by atoms with Crippen LogP contribution in [0.2, 0.25) is 0 Å². The Labute approximate surface area is 163 Å². The first kappa shape index (κ1) is 16.7. The van der Waals surface area contributed by atoms with Crippen molar-refractivity contribution in [2.45, 2.75) is 13.8 Å². The van der Waals surface area contributed by atoms with Gasteiger partial charge in [0.1, 0.15) is 7.05 Å². The molecule has 3 aromatic heterocycles. The summed E-state index contributed by atoms with van der Waals surface area (Å²) in [6.45, 7) is 4.22. The summed E-state index contributed by atoms with van der Waals surface area (Å²) in [6.07, 6.45) is 2.06. The summed E-state index contributed by atoms with van der Waals surface area (Å²) in [5, 5.41) is 2.15. The highest BCUT2D eigenvalue weighted by molar-refractivity contribution is 6.09. The van der Waals surface area contributed by atoms with Gasteiger partial charge in [0, 0.05) is 28.5 Å². The molecule has 0 fully saturated rings.